The lowest BCUT2D eigenvalue weighted by atomic mass is 10.1. The molecule has 0 saturated heterocycles. The predicted octanol–water partition coefficient (Wildman–Crippen LogP) is 5.99. The van der Waals surface area contributed by atoms with Crippen LogP contribution in [0.25, 0.3) is 0 Å². The van der Waals surface area contributed by atoms with Gasteiger partial charge in [-0.1, -0.05) is 47.9 Å². The first kappa shape index (κ1) is 25.8. The molecule has 0 spiro atoms. The molecular formula is C30H16F5NP2S2. The second-order valence-corrected chi connectivity index (χ2v) is 18.3. The first-order chi connectivity index (χ1) is 19.1. The Morgan fingerprint density at radius 2 is 0.850 bits per heavy atom. The van der Waals surface area contributed by atoms with Gasteiger partial charge in [-0.25, -0.2) is 22.0 Å². The maximum atomic E-state index is 15.7. The number of benzene rings is 5. The summed E-state index contributed by atoms with van der Waals surface area (Å²) in [7, 11) is 0. The largest absolute Gasteiger partial charge is 0.308 e. The monoisotopic (exact) mass is 611 g/mol. The molecule has 0 radical (unpaired) electrons. The molecule has 10 heteroatoms. The van der Waals surface area contributed by atoms with Crippen LogP contribution in [0.5, 0.6) is 0 Å². The Bertz CT molecular complexity index is 1870. The molecule has 5 aromatic carbocycles. The second-order valence-electron chi connectivity index (χ2n) is 9.57. The fourth-order valence-corrected chi connectivity index (χ4v) is 14.3. The Kier molecular flexibility index (Phi) is 5.75. The van der Waals surface area contributed by atoms with Gasteiger partial charge in [0, 0.05) is 33.3 Å². The van der Waals surface area contributed by atoms with E-state index in [4.69, 9.17) is 23.6 Å². The highest BCUT2D eigenvalue weighted by atomic mass is 32.4. The van der Waals surface area contributed by atoms with Crippen LogP contribution in [-0.4, -0.2) is 0 Å². The lowest BCUT2D eigenvalue weighted by molar-refractivity contribution is 0.628. The molecule has 0 aliphatic carbocycles. The van der Waals surface area contributed by atoms with Crippen molar-refractivity contribution in [1.82, 2.24) is 0 Å². The van der Waals surface area contributed by atoms with Crippen LogP contribution in [0.3, 0.4) is 0 Å². The van der Waals surface area contributed by atoms with E-state index in [1.54, 1.807) is 29.2 Å². The molecule has 0 fully saturated rings. The minimum absolute atomic E-state index is 0.377. The average molecular weight is 612 g/mol. The maximum absolute atomic E-state index is 15.7. The van der Waals surface area contributed by atoms with Gasteiger partial charge in [-0.3, -0.25) is 0 Å². The van der Waals surface area contributed by atoms with E-state index in [2.05, 4.69) is 0 Å². The quantitative estimate of drug-likeness (QED) is 0.175. The summed E-state index contributed by atoms with van der Waals surface area (Å²) in [5, 5.41) is 2.42. The van der Waals surface area contributed by atoms with Crippen LogP contribution in [0.15, 0.2) is 97.1 Å². The zero-order chi connectivity index (χ0) is 28.0. The Balaban J connectivity index is 1.69. The van der Waals surface area contributed by atoms with Gasteiger partial charge in [-0.2, -0.15) is 0 Å². The van der Waals surface area contributed by atoms with Crippen molar-refractivity contribution in [3.8, 4) is 0 Å². The van der Waals surface area contributed by atoms with Gasteiger partial charge in [-0.05, 0) is 83.4 Å². The minimum Gasteiger partial charge on any atom is -0.308 e. The summed E-state index contributed by atoms with van der Waals surface area (Å²) in [4.78, 5) is 1.81. The molecule has 198 valence electrons. The van der Waals surface area contributed by atoms with Crippen molar-refractivity contribution in [1.29, 1.82) is 0 Å². The third kappa shape index (κ3) is 3.50. The van der Waals surface area contributed by atoms with Crippen molar-refractivity contribution in [3.05, 3.63) is 126 Å². The molecule has 2 unspecified atom stereocenters. The van der Waals surface area contributed by atoms with E-state index in [0.29, 0.717) is 48.9 Å². The van der Waals surface area contributed by atoms with Gasteiger partial charge in [0.2, 0.25) is 0 Å². The van der Waals surface area contributed by atoms with Crippen LogP contribution in [0.4, 0.5) is 39.0 Å². The summed E-state index contributed by atoms with van der Waals surface area (Å²) < 4.78 is 74.6. The second kappa shape index (κ2) is 8.92. The van der Waals surface area contributed by atoms with Crippen molar-refractivity contribution in [3.63, 3.8) is 0 Å². The van der Waals surface area contributed by atoms with Gasteiger partial charge >= 0.3 is 0 Å². The Hall–Kier alpha value is -3.15. The first-order valence-electron chi connectivity index (χ1n) is 12.1. The van der Waals surface area contributed by atoms with Crippen LogP contribution >= 0.6 is 12.1 Å². The van der Waals surface area contributed by atoms with E-state index in [9.17, 15) is 17.6 Å². The predicted molar refractivity (Wildman–Crippen MR) is 160 cm³/mol. The molecule has 0 aromatic heterocycles. The van der Waals surface area contributed by atoms with Crippen LogP contribution in [0.1, 0.15) is 0 Å². The lowest BCUT2D eigenvalue weighted by Crippen LogP contribution is -2.46. The fourth-order valence-electron chi connectivity index (χ4n) is 5.69. The van der Waals surface area contributed by atoms with E-state index in [1.807, 2.05) is 0 Å². The van der Waals surface area contributed by atoms with Crippen LogP contribution in [0.2, 0.25) is 0 Å². The van der Waals surface area contributed by atoms with Gasteiger partial charge in [0.15, 0.2) is 0 Å². The molecule has 0 amide bonds. The summed E-state index contributed by atoms with van der Waals surface area (Å²) >= 11 is 12.7. The normalized spacial score (nSPS) is 20.5. The molecule has 0 bridgehead atoms. The van der Waals surface area contributed by atoms with Gasteiger partial charge < -0.3 is 4.90 Å². The standard InChI is InChI=1S/C30H16F5NP2S2/c31-17-3-1-5-22(11-17)37(39)26-13-19(33)7-9-24(26)36-25-10-8-20(34)14-27(25)38(40,23-6-2-4-18(32)12-23)29-16-21(35)15-28(37)30(29)36/h1-16H. The van der Waals surface area contributed by atoms with Gasteiger partial charge in [0.1, 0.15) is 29.1 Å². The Morgan fingerprint density at radius 3 is 1.27 bits per heavy atom. The SMILES string of the molecule is Fc1cccc(P2(=S)c3cc(F)ccc3N3c4ccc(F)cc4P(=S)(c4cccc(F)c4)c4cc(F)cc2c43)c1. The van der Waals surface area contributed by atoms with E-state index >= 15 is 4.39 Å². The molecular weight excluding hydrogens is 595 g/mol. The molecule has 2 heterocycles. The topological polar surface area (TPSA) is 3.24 Å². The molecule has 1 nitrogen and oxygen atoms in total. The zero-order valence-corrected chi connectivity index (χ0v) is 23.7. The van der Waals surface area contributed by atoms with Crippen molar-refractivity contribution in [2.45, 2.75) is 0 Å². The van der Waals surface area contributed by atoms with E-state index in [1.165, 1.54) is 72.8 Å². The third-order valence-corrected chi connectivity index (χ3v) is 17.1. The van der Waals surface area contributed by atoms with Crippen molar-refractivity contribution < 1.29 is 22.0 Å². The van der Waals surface area contributed by atoms with Crippen LogP contribution in [0, 0.1) is 29.1 Å². The van der Waals surface area contributed by atoms with Crippen molar-refractivity contribution in [2.24, 2.45) is 0 Å². The smallest absolute Gasteiger partial charge is 0.124 e. The van der Waals surface area contributed by atoms with Gasteiger partial charge in [-0.15, -0.1) is 0 Å². The number of nitrogens with zero attached hydrogens (tertiary/aromatic N) is 1. The molecule has 2 atom stereocenters. The first-order valence-corrected chi connectivity index (χ1v) is 17.7. The lowest BCUT2D eigenvalue weighted by Gasteiger charge is -2.46. The molecule has 2 aliphatic heterocycles. The molecule has 2 aliphatic rings. The summed E-state index contributed by atoms with van der Waals surface area (Å²) in [6, 6.07) is 16.0. The highest BCUT2D eigenvalue weighted by Crippen LogP contribution is 2.60. The number of rotatable bonds is 2. The molecule has 7 rings (SSSR count). The van der Waals surface area contributed by atoms with Gasteiger partial charge in [0.05, 0.1) is 17.1 Å². The Labute approximate surface area is 236 Å². The minimum atomic E-state index is -3.25. The number of anilines is 3. The van der Waals surface area contributed by atoms with E-state index in [-0.39, 0.29) is 0 Å². The number of halogens is 5. The summed E-state index contributed by atoms with van der Waals surface area (Å²) in [6.45, 7) is 0. The third-order valence-electron chi connectivity index (χ3n) is 7.32. The molecule has 5 aromatic rings. The summed E-state index contributed by atoms with van der Waals surface area (Å²) in [5.41, 5.74) is 1.53. The highest BCUT2D eigenvalue weighted by Gasteiger charge is 2.47. The molecule has 0 saturated carbocycles. The van der Waals surface area contributed by atoms with E-state index < -0.39 is 41.2 Å². The number of fused-ring (bicyclic) bond motifs is 4. The van der Waals surface area contributed by atoms with Gasteiger partial charge in [0.25, 0.3) is 0 Å². The number of hydrogen-bond acceptors (Lipinski definition) is 3. The summed E-state index contributed by atoms with van der Waals surface area (Å²) in [6.07, 6.45) is 0. The zero-order valence-electron chi connectivity index (χ0n) is 20.3. The average Bonchev–Trinajstić information content (AvgIpc) is 2.93. The number of hydrogen-bond donors (Lipinski definition) is 0. The fraction of sp³-hybridized carbons (Fsp3) is 0. The summed E-state index contributed by atoms with van der Waals surface area (Å²) in [5.74, 6) is -2.81. The Morgan fingerprint density at radius 1 is 0.450 bits per heavy atom. The van der Waals surface area contributed by atoms with Crippen LogP contribution < -0.4 is 36.7 Å². The van der Waals surface area contributed by atoms with E-state index in [0.717, 1.165) is 0 Å². The van der Waals surface area contributed by atoms with Crippen molar-refractivity contribution >= 4 is 84.6 Å². The highest BCUT2D eigenvalue weighted by molar-refractivity contribution is 8.27. The maximum Gasteiger partial charge on any atom is 0.124 e. The molecule has 40 heavy (non-hydrogen) atoms. The van der Waals surface area contributed by atoms with Crippen LogP contribution in [-0.2, 0) is 23.6 Å². The van der Waals surface area contributed by atoms with Crippen molar-refractivity contribution in [2.75, 3.05) is 4.90 Å². The molecule has 0 N–H and O–H groups in total.